The summed E-state index contributed by atoms with van der Waals surface area (Å²) >= 11 is 0. The monoisotopic (exact) mass is 358 g/mol. The molecule has 0 bridgehead atoms. The molecule has 1 aromatic carbocycles. The second-order valence-corrected chi connectivity index (χ2v) is 7.54. The van der Waals surface area contributed by atoms with Crippen LogP contribution < -0.4 is 4.74 Å². The van der Waals surface area contributed by atoms with E-state index < -0.39 is 0 Å². The van der Waals surface area contributed by atoms with Crippen molar-refractivity contribution in [2.24, 2.45) is 5.92 Å². The number of benzene rings is 1. The molecule has 1 aromatic rings. The molecule has 0 N–H and O–H groups in total. The lowest BCUT2D eigenvalue weighted by atomic mass is 9.95. The second kappa shape index (κ2) is 10.8. The van der Waals surface area contributed by atoms with Gasteiger partial charge < -0.3 is 9.47 Å². The van der Waals surface area contributed by atoms with E-state index in [4.69, 9.17) is 9.47 Å². The first kappa shape index (κ1) is 22.0. The molecule has 0 saturated heterocycles. The third-order valence-corrected chi connectivity index (χ3v) is 4.23. The van der Waals surface area contributed by atoms with Crippen LogP contribution >= 0.6 is 0 Å². The molecular weight excluding hydrogens is 324 g/mol. The highest BCUT2D eigenvalue weighted by atomic mass is 16.5. The number of carbonyl (C=O) groups excluding carboxylic acids is 1. The Hall–Kier alpha value is -2.03. The van der Waals surface area contributed by atoms with Gasteiger partial charge in [0.25, 0.3) is 0 Å². The maximum Gasteiger partial charge on any atom is 0.338 e. The van der Waals surface area contributed by atoms with Crippen LogP contribution in [0, 0.1) is 5.92 Å². The summed E-state index contributed by atoms with van der Waals surface area (Å²) in [5.74, 6) is 0.953. The molecule has 0 amide bonds. The summed E-state index contributed by atoms with van der Waals surface area (Å²) in [4.78, 5) is 12.3. The van der Waals surface area contributed by atoms with E-state index in [0.29, 0.717) is 11.5 Å². The van der Waals surface area contributed by atoms with E-state index in [0.717, 1.165) is 18.6 Å². The van der Waals surface area contributed by atoms with Crippen LogP contribution in [0.2, 0.25) is 0 Å². The van der Waals surface area contributed by atoms with Gasteiger partial charge in [-0.15, -0.1) is 0 Å². The molecule has 0 aliphatic rings. The molecule has 0 aliphatic heterocycles. The van der Waals surface area contributed by atoms with Gasteiger partial charge in [0.05, 0.1) is 17.8 Å². The Bertz CT molecular complexity index is 619. The number of hydrogen-bond donors (Lipinski definition) is 0. The number of carbonyl (C=O) groups is 1. The van der Waals surface area contributed by atoms with Gasteiger partial charge in [-0.05, 0) is 84.6 Å². The van der Waals surface area contributed by atoms with E-state index in [1.165, 1.54) is 11.1 Å². The molecule has 3 heteroatoms. The van der Waals surface area contributed by atoms with Gasteiger partial charge in [-0.2, -0.15) is 0 Å². The second-order valence-electron chi connectivity index (χ2n) is 7.54. The zero-order valence-electron chi connectivity index (χ0n) is 17.3. The molecule has 2 atom stereocenters. The van der Waals surface area contributed by atoms with Crippen molar-refractivity contribution in [3.8, 4) is 5.75 Å². The average molecular weight is 359 g/mol. The van der Waals surface area contributed by atoms with E-state index in [1.807, 2.05) is 20.8 Å². The first-order valence-electron chi connectivity index (χ1n) is 9.48. The Morgan fingerprint density at radius 2 is 1.58 bits per heavy atom. The van der Waals surface area contributed by atoms with E-state index in [-0.39, 0.29) is 18.2 Å². The zero-order chi connectivity index (χ0) is 19.7. The molecule has 1 rings (SSSR count). The van der Waals surface area contributed by atoms with Crippen LogP contribution in [-0.4, -0.2) is 18.2 Å². The molecule has 0 aromatic heterocycles. The summed E-state index contributed by atoms with van der Waals surface area (Å²) in [6, 6.07) is 7.12. The van der Waals surface area contributed by atoms with Gasteiger partial charge in [0.2, 0.25) is 0 Å². The van der Waals surface area contributed by atoms with Crippen LogP contribution in [0.4, 0.5) is 0 Å². The molecule has 1 unspecified atom stereocenters. The van der Waals surface area contributed by atoms with E-state index in [9.17, 15) is 4.79 Å². The summed E-state index contributed by atoms with van der Waals surface area (Å²) in [5.41, 5.74) is 3.20. The largest absolute Gasteiger partial charge is 0.491 e. The molecule has 144 valence electrons. The van der Waals surface area contributed by atoms with Gasteiger partial charge >= 0.3 is 5.97 Å². The molecular formula is C23H34O3. The number of rotatable bonds is 9. The highest BCUT2D eigenvalue weighted by Crippen LogP contribution is 2.20. The molecule has 3 nitrogen and oxygen atoms in total. The average Bonchev–Trinajstić information content (AvgIpc) is 2.57. The van der Waals surface area contributed by atoms with E-state index in [2.05, 4.69) is 39.8 Å². The van der Waals surface area contributed by atoms with Crippen LogP contribution in [0.5, 0.6) is 5.75 Å². The lowest BCUT2D eigenvalue weighted by Gasteiger charge is -2.17. The van der Waals surface area contributed by atoms with Crippen molar-refractivity contribution >= 4 is 5.97 Å². The van der Waals surface area contributed by atoms with E-state index in [1.54, 1.807) is 24.3 Å². The first-order chi connectivity index (χ1) is 12.2. The van der Waals surface area contributed by atoms with Gasteiger partial charge in [-0.3, -0.25) is 0 Å². The van der Waals surface area contributed by atoms with Crippen molar-refractivity contribution in [3.05, 3.63) is 53.1 Å². The van der Waals surface area contributed by atoms with Gasteiger partial charge in [-0.1, -0.05) is 30.2 Å². The summed E-state index contributed by atoms with van der Waals surface area (Å²) in [6.45, 7) is 14.5. The van der Waals surface area contributed by atoms with Crippen LogP contribution in [0.1, 0.15) is 71.7 Å². The number of hydrogen-bond acceptors (Lipinski definition) is 3. The molecule has 0 heterocycles. The Morgan fingerprint density at radius 1 is 0.962 bits per heavy atom. The Balaban J connectivity index is 2.49. The van der Waals surface area contributed by atoms with Crippen molar-refractivity contribution < 1.29 is 14.3 Å². The third kappa shape index (κ3) is 8.37. The Labute approximate surface area is 159 Å². The SMILES string of the molecule is CC(C)=C/C=C(\C)[C@@H](C)CCC(C)OC(=O)c1ccc(OC(C)C)cc1. The minimum Gasteiger partial charge on any atom is -0.491 e. The van der Waals surface area contributed by atoms with Crippen LogP contribution in [0.3, 0.4) is 0 Å². The summed E-state index contributed by atoms with van der Waals surface area (Å²) in [5, 5.41) is 0. The summed E-state index contributed by atoms with van der Waals surface area (Å²) < 4.78 is 11.2. The zero-order valence-corrected chi connectivity index (χ0v) is 17.3. The number of allylic oxidation sites excluding steroid dienone is 4. The number of esters is 1. The lowest BCUT2D eigenvalue weighted by molar-refractivity contribution is 0.0315. The van der Waals surface area contributed by atoms with Crippen molar-refractivity contribution in [1.29, 1.82) is 0 Å². The van der Waals surface area contributed by atoms with Crippen molar-refractivity contribution in [2.45, 2.75) is 73.5 Å². The fraction of sp³-hybridized carbons (Fsp3) is 0.522. The van der Waals surface area contributed by atoms with Gasteiger partial charge in [0.1, 0.15) is 5.75 Å². The van der Waals surface area contributed by atoms with Crippen molar-refractivity contribution in [2.75, 3.05) is 0 Å². The lowest BCUT2D eigenvalue weighted by Crippen LogP contribution is -2.16. The predicted octanol–water partition coefficient (Wildman–Crippen LogP) is 6.35. The van der Waals surface area contributed by atoms with Gasteiger partial charge in [-0.25, -0.2) is 4.79 Å². The van der Waals surface area contributed by atoms with Crippen molar-refractivity contribution in [1.82, 2.24) is 0 Å². The summed E-state index contributed by atoms with van der Waals surface area (Å²) in [6.07, 6.45) is 6.17. The molecule has 0 fully saturated rings. The summed E-state index contributed by atoms with van der Waals surface area (Å²) in [7, 11) is 0. The smallest absolute Gasteiger partial charge is 0.338 e. The van der Waals surface area contributed by atoms with Crippen LogP contribution in [-0.2, 0) is 4.74 Å². The highest BCUT2D eigenvalue weighted by Gasteiger charge is 2.14. The first-order valence-corrected chi connectivity index (χ1v) is 9.48. The third-order valence-electron chi connectivity index (χ3n) is 4.23. The molecule has 0 saturated carbocycles. The van der Waals surface area contributed by atoms with Crippen molar-refractivity contribution in [3.63, 3.8) is 0 Å². The number of ether oxygens (including phenoxy) is 2. The normalized spacial score (nSPS) is 13.9. The predicted molar refractivity (Wildman–Crippen MR) is 109 cm³/mol. The standard InChI is InChI=1S/C23H34O3/c1-16(2)8-9-18(5)19(6)10-11-20(7)26-23(24)21-12-14-22(15-13-21)25-17(3)4/h8-9,12-15,17,19-20H,10-11H2,1-7H3/b18-9+/t19-,20?/m0/s1. The van der Waals surface area contributed by atoms with Crippen LogP contribution in [0.15, 0.2) is 47.6 Å². The maximum absolute atomic E-state index is 12.3. The Kier molecular flexibility index (Phi) is 9.18. The van der Waals surface area contributed by atoms with E-state index >= 15 is 0 Å². The minimum absolute atomic E-state index is 0.104. The molecule has 0 radical (unpaired) electrons. The maximum atomic E-state index is 12.3. The molecule has 0 spiro atoms. The van der Waals surface area contributed by atoms with Gasteiger partial charge in [0.15, 0.2) is 0 Å². The van der Waals surface area contributed by atoms with Crippen LogP contribution in [0.25, 0.3) is 0 Å². The van der Waals surface area contributed by atoms with Gasteiger partial charge in [0, 0.05) is 0 Å². The fourth-order valence-corrected chi connectivity index (χ4v) is 2.43. The highest BCUT2D eigenvalue weighted by molar-refractivity contribution is 5.89. The Morgan fingerprint density at radius 3 is 2.12 bits per heavy atom. The minimum atomic E-state index is -0.280. The quantitative estimate of drug-likeness (QED) is 0.381. The molecule has 26 heavy (non-hydrogen) atoms. The fourth-order valence-electron chi connectivity index (χ4n) is 2.43. The molecule has 0 aliphatic carbocycles. The topological polar surface area (TPSA) is 35.5 Å².